The monoisotopic (exact) mass is 515 g/mol. The number of anilines is 1. The quantitative estimate of drug-likeness (QED) is 0.379. The topological polar surface area (TPSA) is 93.7 Å². The van der Waals surface area contributed by atoms with Crippen LogP contribution in [0.1, 0.15) is 30.5 Å². The normalized spacial score (nSPS) is 12.9. The molecule has 0 unspecified atom stereocenters. The first kappa shape index (κ1) is 27.2. The summed E-state index contributed by atoms with van der Waals surface area (Å²) in [5, 5.41) is 9.99. The van der Waals surface area contributed by atoms with E-state index in [1.165, 1.54) is 17.5 Å². The number of hydrazine groups is 1. The summed E-state index contributed by atoms with van der Waals surface area (Å²) >= 11 is 0. The summed E-state index contributed by atoms with van der Waals surface area (Å²) in [5.74, 6) is -0.217. The van der Waals surface area contributed by atoms with Gasteiger partial charge < -0.3 is 15.5 Å². The Hall–Kier alpha value is -3.82. The van der Waals surface area contributed by atoms with Crippen molar-refractivity contribution in [3.63, 3.8) is 0 Å². The molecule has 4 rings (SSSR count). The lowest BCUT2D eigenvalue weighted by atomic mass is 10.1. The predicted molar refractivity (Wildman–Crippen MR) is 149 cm³/mol. The van der Waals surface area contributed by atoms with Crippen LogP contribution in [0.4, 0.5) is 5.69 Å². The highest BCUT2D eigenvalue weighted by atomic mass is 16.2. The van der Waals surface area contributed by atoms with Gasteiger partial charge in [0.1, 0.15) is 6.33 Å². The van der Waals surface area contributed by atoms with Gasteiger partial charge in [0.15, 0.2) is 0 Å². The van der Waals surface area contributed by atoms with E-state index in [9.17, 15) is 9.59 Å². The van der Waals surface area contributed by atoms with Gasteiger partial charge in [-0.05, 0) is 35.7 Å². The van der Waals surface area contributed by atoms with Crippen LogP contribution in [0.25, 0.3) is 11.3 Å². The molecule has 9 nitrogen and oxygen atoms in total. The summed E-state index contributed by atoms with van der Waals surface area (Å²) in [6.07, 6.45) is 3.21. The van der Waals surface area contributed by atoms with Crippen LogP contribution in [0, 0.1) is 6.92 Å². The third-order valence-electron chi connectivity index (χ3n) is 6.70. The van der Waals surface area contributed by atoms with E-state index in [1.807, 2.05) is 53.2 Å². The Balaban J connectivity index is 1.52. The number of aromatic nitrogens is 2. The Bertz CT molecular complexity index is 1220. The van der Waals surface area contributed by atoms with Gasteiger partial charge in [0.05, 0.1) is 18.8 Å². The molecule has 38 heavy (non-hydrogen) atoms. The lowest BCUT2D eigenvalue weighted by Crippen LogP contribution is -2.48. The number of likely N-dealkylation sites (N-methyl/N-ethyl adjacent to an activating group) is 1. The van der Waals surface area contributed by atoms with E-state index in [1.54, 1.807) is 18.3 Å². The van der Waals surface area contributed by atoms with Gasteiger partial charge in [0, 0.05) is 56.7 Å². The van der Waals surface area contributed by atoms with Gasteiger partial charge in [-0.1, -0.05) is 50.2 Å². The number of carbonyl (C=O) groups excluding carboxylic acids is 2. The van der Waals surface area contributed by atoms with E-state index >= 15 is 0 Å². The summed E-state index contributed by atoms with van der Waals surface area (Å²) in [6, 6.07) is 16.4. The lowest BCUT2D eigenvalue weighted by Gasteiger charge is -2.32. The zero-order valence-corrected chi connectivity index (χ0v) is 22.6. The van der Waals surface area contributed by atoms with Crippen molar-refractivity contribution < 1.29 is 9.59 Å². The minimum Gasteiger partial charge on any atom is -0.353 e. The van der Waals surface area contributed by atoms with Crippen LogP contribution in [0.3, 0.4) is 0 Å². The minimum atomic E-state index is -0.133. The first-order valence-corrected chi connectivity index (χ1v) is 13.0. The molecule has 2 heterocycles. The van der Waals surface area contributed by atoms with E-state index in [4.69, 9.17) is 0 Å². The van der Waals surface area contributed by atoms with Crippen molar-refractivity contribution in [2.75, 3.05) is 38.1 Å². The molecule has 1 aromatic heterocycles. The molecule has 2 aromatic carbocycles. The first-order chi connectivity index (χ1) is 18.3. The maximum atomic E-state index is 13.5. The number of benzene rings is 2. The maximum Gasteiger partial charge on any atom is 0.256 e. The van der Waals surface area contributed by atoms with Crippen LogP contribution in [-0.4, -0.2) is 71.1 Å². The standard InChI is InChI=1S/C29H37N7O2/c1-21(2)31-13-14-32-28(37)18-35(27-15-23(10-9-22(27)3)26-11-12-30-20-33-26)19-29(38)34(4)36-16-24-7-5-6-8-25(24)17-36/h5-12,15,20-21,31H,13-14,16-19H2,1-4H3,(H,32,37). The fourth-order valence-electron chi connectivity index (χ4n) is 4.54. The molecule has 1 aliphatic heterocycles. The second kappa shape index (κ2) is 12.6. The van der Waals surface area contributed by atoms with E-state index in [-0.39, 0.29) is 24.9 Å². The minimum absolute atomic E-state index is 0.0646. The Labute approximate surface area is 224 Å². The molecule has 0 aliphatic carbocycles. The molecule has 9 heteroatoms. The number of rotatable bonds is 11. The SMILES string of the molecule is Cc1ccc(-c2ccncn2)cc1N(CC(=O)NCCNC(C)C)CC(=O)N(C)N1Cc2ccccc2C1. The van der Waals surface area contributed by atoms with Crippen molar-refractivity contribution in [2.45, 2.75) is 39.9 Å². The van der Waals surface area contributed by atoms with Crippen molar-refractivity contribution in [2.24, 2.45) is 0 Å². The van der Waals surface area contributed by atoms with Crippen molar-refractivity contribution in [1.82, 2.24) is 30.6 Å². The number of hydrogen-bond acceptors (Lipinski definition) is 7. The van der Waals surface area contributed by atoms with Crippen molar-refractivity contribution in [1.29, 1.82) is 0 Å². The van der Waals surface area contributed by atoms with Crippen LogP contribution < -0.4 is 15.5 Å². The second-order valence-electron chi connectivity index (χ2n) is 9.92. The van der Waals surface area contributed by atoms with Gasteiger partial charge >= 0.3 is 0 Å². The molecule has 0 saturated heterocycles. The predicted octanol–water partition coefficient (Wildman–Crippen LogP) is 2.76. The van der Waals surface area contributed by atoms with Crippen LogP contribution in [0.5, 0.6) is 0 Å². The molecule has 2 N–H and O–H groups in total. The Kier molecular flexibility index (Phi) is 9.04. The molecule has 1 aliphatic rings. The van der Waals surface area contributed by atoms with Gasteiger partial charge in [-0.15, -0.1) is 0 Å². The molecule has 2 amide bonds. The van der Waals surface area contributed by atoms with Crippen molar-refractivity contribution >= 4 is 17.5 Å². The molecule has 3 aromatic rings. The van der Waals surface area contributed by atoms with E-state index in [0.29, 0.717) is 32.2 Å². The average molecular weight is 516 g/mol. The molecular weight excluding hydrogens is 478 g/mol. The molecule has 0 atom stereocenters. The fraction of sp³-hybridized carbons (Fsp3) is 0.379. The van der Waals surface area contributed by atoms with Crippen LogP contribution in [-0.2, 0) is 22.7 Å². The zero-order chi connectivity index (χ0) is 27.1. The summed E-state index contributed by atoms with van der Waals surface area (Å²) in [6.45, 7) is 8.82. The van der Waals surface area contributed by atoms with Crippen LogP contribution in [0.2, 0.25) is 0 Å². The van der Waals surface area contributed by atoms with Gasteiger partial charge in [-0.25, -0.2) is 15.0 Å². The number of fused-ring (bicyclic) bond motifs is 1. The van der Waals surface area contributed by atoms with Gasteiger partial charge in [0.25, 0.3) is 5.91 Å². The smallest absolute Gasteiger partial charge is 0.256 e. The third-order valence-corrected chi connectivity index (χ3v) is 6.70. The Morgan fingerprint density at radius 2 is 1.76 bits per heavy atom. The third kappa shape index (κ3) is 6.93. The number of hydrogen-bond donors (Lipinski definition) is 2. The number of nitrogens with zero attached hydrogens (tertiary/aromatic N) is 5. The van der Waals surface area contributed by atoms with Gasteiger partial charge in [0.2, 0.25) is 5.91 Å². The Morgan fingerprint density at radius 3 is 2.42 bits per heavy atom. The van der Waals surface area contributed by atoms with Crippen LogP contribution in [0.15, 0.2) is 61.1 Å². The van der Waals surface area contributed by atoms with Crippen LogP contribution >= 0.6 is 0 Å². The van der Waals surface area contributed by atoms with Crippen molar-refractivity contribution in [3.8, 4) is 11.3 Å². The summed E-state index contributed by atoms with van der Waals surface area (Å²) in [7, 11) is 1.80. The van der Waals surface area contributed by atoms with Gasteiger partial charge in [-0.3, -0.25) is 14.6 Å². The summed E-state index contributed by atoms with van der Waals surface area (Å²) < 4.78 is 0. The highest BCUT2D eigenvalue weighted by Gasteiger charge is 2.27. The lowest BCUT2D eigenvalue weighted by molar-refractivity contribution is -0.145. The van der Waals surface area contributed by atoms with E-state index < -0.39 is 0 Å². The summed E-state index contributed by atoms with van der Waals surface area (Å²) in [4.78, 5) is 36.7. The zero-order valence-electron chi connectivity index (χ0n) is 22.6. The molecular formula is C29H37N7O2. The van der Waals surface area contributed by atoms with Crippen molar-refractivity contribution in [3.05, 3.63) is 77.7 Å². The molecule has 0 spiro atoms. The first-order valence-electron chi connectivity index (χ1n) is 13.0. The number of amides is 2. The highest BCUT2D eigenvalue weighted by Crippen LogP contribution is 2.28. The number of aryl methyl sites for hydroxylation is 1. The Morgan fingerprint density at radius 1 is 1.03 bits per heavy atom. The largest absolute Gasteiger partial charge is 0.353 e. The van der Waals surface area contributed by atoms with Gasteiger partial charge in [-0.2, -0.15) is 0 Å². The van der Waals surface area contributed by atoms with E-state index in [0.717, 1.165) is 22.5 Å². The molecule has 200 valence electrons. The molecule has 0 saturated carbocycles. The molecule has 0 fully saturated rings. The van der Waals surface area contributed by atoms with E-state index in [2.05, 4.69) is 46.6 Å². The number of nitrogens with one attached hydrogen (secondary N) is 2. The molecule has 0 radical (unpaired) electrons. The maximum absolute atomic E-state index is 13.5. The summed E-state index contributed by atoms with van der Waals surface area (Å²) in [5.41, 5.74) is 5.93. The second-order valence-corrected chi connectivity index (χ2v) is 9.92. The average Bonchev–Trinajstić information content (AvgIpc) is 3.35. The fourth-order valence-corrected chi connectivity index (χ4v) is 4.54. The highest BCUT2D eigenvalue weighted by molar-refractivity contribution is 5.87. The number of carbonyl (C=O) groups is 2. The molecule has 0 bridgehead atoms.